The molecule has 204 valence electrons. The third kappa shape index (κ3) is 4.74. The van der Waals surface area contributed by atoms with Gasteiger partial charge in [0, 0.05) is 30.5 Å². The normalized spacial score (nSPS) is 25.4. The number of hydrogen-bond donors (Lipinski definition) is 4. The molecule has 12 heteroatoms. The number of methoxy groups -OCH3 is 1. The van der Waals surface area contributed by atoms with Gasteiger partial charge >= 0.3 is 0 Å². The molecular formula is C26H30Cl2N4O6. The number of amides is 3. The highest BCUT2D eigenvalue weighted by Crippen LogP contribution is 2.43. The molecule has 10 nitrogen and oxygen atoms in total. The van der Waals surface area contributed by atoms with E-state index in [-0.39, 0.29) is 45.8 Å². The minimum Gasteiger partial charge on any atom is -0.496 e. The number of aromatic amines is 1. The molecule has 5 rings (SSSR count). The Kier molecular flexibility index (Phi) is 7.57. The third-order valence-electron chi connectivity index (χ3n) is 8.18. The van der Waals surface area contributed by atoms with Crippen LogP contribution < -0.4 is 15.4 Å². The van der Waals surface area contributed by atoms with Crippen molar-refractivity contribution in [2.75, 3.05) is 26.8 Å². The lowest BCUT2D eigenvalue weighted by atomic mass is 9.92. The van der Waals surface area contributed by atoms with Crippen molar-refractivity contribution in [3.8, 4) is 5.75 Å². The maximum Gasteiger partial charge on any atom is 0.271 e. The maximum atomic E-state index is 13.8. The van der Waals surface area contributed by atoms with Crippen LogP contribution in [0.5, 0.6) is 5.75 Å². The highest BCUT2D eigenvalue weighted by Gasteiger charge is 2.50. The lowest BCUT2D eigenvalue weighted by molar-refractivity contribution is -0.133. The first-order valence-electron chi connectivity index (χ1n) is 12.8. The third-order valence-corrected chi connectivity index (χ3v) is 8.97. The molecule has 1 saturated carbocycles. The van der Waals surface area contributed by atoms with Crippen molar-refractivity contribution in [1.29, 1.82) is 0 Å². The molecule has 0 spiro atoms. The predicted molar refractivity (Wildman–Crippen MR) is 140 cm³/mol. The molecule has 5 atom stereocenters. The number of carbonyl (C=O) groups is 4. The van der Waals surface area contributed by atoms with Crippen LogP contribution in [-0.2, 0) is 14.4 Å². The second-order valence-electron chi connectivity index (χ2n) is 10.3. The van der Waals surface area contributed by atoms with Crippen LogP contribution in [0.3, 0.4) is 0 Å². The Labute approximate surface area is 229 Å². The van der Waals surface area contributed by atoms with Crippen molar-refractivity contribution in [3.05, 3.63) is 27.9 Å². The minimum atomic E-state index is -1.02. The number of fused-ring (bicyclic) bond motifs is 2. The summed E-state index contributed by atoms with van der Waals surface area (Å²) in [5.41, 5.74) is 0.703. The number of likely N-dealkylation sites (tertiary alicyclic amines) is 1. The van der Waals surface area contributed by atoms with Crippen molar-refractivity contribution < 1.29 is 29.0 Å². The Morgan fingerprint density at radius 3 is 2.71 bits per heavy atom. The van der Waals surface area contributed by atoms with Crippen LogP contribution >= 0.6 is 23.2 Å². The number of aromatic nitrogens is 1. The van der Waals surface area contributed by atoms with E-state index in [0.29, 0.717) is 36.2 Å². The van der Waals surface area contributed by atoms with E-state index >= 15 is 0 Å². The average molecular weight is 565 g/mol. The van der Waals surface area contributed by atoms with E-state index in [9.17, 15) is 24.3 Å². The standard InChI is InChI=1S/C26H30Cl2N4O6/c1-38-20-9-16(27)21(28)22-15(20)8-18(30-22)26(37)32-10-13-3-2-4-14(13)23(32)25(36)31-17(19(34)11-33)7-12-5-6-29-24(12)35/h8-9,12-14,17,23,30,33H,2-7,10-11H2,1H3,(H,29,35)(H,31,36)/t12-,13-,14-,17-,23?/m0/s1. The van der Waals surface area contributed by atoms with Crippen LogP contribution in [0.15, 0.2) is 12.1 Å². The fourth-order valence-corrected chi connectivity index (χ4v) is 6.68. The molecule has 0 bridgehead atoms. The van der Waals surface area contributed by atoms with Crippen molar-refractivity contribution in [1.82, 2.24) is 20.5 Å². The van der Waals surface area contributed by atoms with Crippen molar-refractivity contribution in [3.63, 3.8) is 0 Å². The molecule has 3 heterocycles. The van der Waals surface area contributed by atoms with Crippen LogP contribution in [0.25, 0.3) is 10.9 Å². The SMILES string of the molecule is COc1cc(Cl)c(Cl)c2[nH]c(C(=O)N3C[C@@H]4CCC[C@@H]4C3C(=O)N[C@@H](C[C@@H]3CCNC3=O)C(=O)CO)cc12. The molecule has 3 aliphatic rings. The van der Waals surface area contributed by atoms with Crippen LogP contribution in [0.1, 0.15) is 42.6 Å². The van der Waals surface area contributed by atoms with Crippen LogP contribution in [-0.4, -0.2) is 77.4 Å². The van der Waals surface area contributed by atoms with Crippen LogP contribution in [0.2, 0.25) is 10.0 Å². The molecule has 2 aromatic rings. The summed E-state index contributed by atoms with van der Waals surface area (Å²) in [6.45, 7) is 0.168. The van der Waals surface area contributed by atoms with Gasteiger partial charge in [0.25, 0.3) is 5.91 Å². The number of ketones is 1. The minimum absolute atomic E-state index is 0.0458. The topological polar surface area (TPSA) is 141 Å². The first-order chi connectivity index (χ1) is 18.2. The molecule has 1 aliphatic carbocycles. The summed E-state index contributed by atoms with van der Waals surface area (Å²) in [6, 6.07) is 1.41. The smallest absolute Gasteiger partial charge is 0.271 e. The van der Waals surface area contributed by atoms with E-state index in [0.717, 1.165) is 19.3 Å². The molecule has 38 heavy (non-hydrogen) atoms. The summed E-state index contributed by atoms with van der Waals surface area (Å²) < 4.78 is 5.41. The molecule has 2 saturated heterocycles. The number of hydrogen-bond acceptors (Lipinski definition) is 6. The van der Waals surface area contributed by atoms with Gasteiger partial charge in [0.15, 0.2) is 5.78 Å². The number of aliphatic hydroxyl groups is 1. The number of nitrogens with one attached hydrogen (secondary N) is 3. The Hall–Kier alpha value is -2.82. The zero-order chi connectivity index (χ0) is 27.1. The number of halogens is 2. The number of Topliss-reactive ketones (excluding diaryl/α,β-unsaturated/α-hetero) is 1. The lowest BCUT2D eigenvalue weighted by Gasteiger charge is -2.29. The fourth-order valence-electron chi connectivity index (χ4n) is 6.28. The summed E-state index contributed by atoms with van der Waals surface area (Å²) in [5.74, 6) is -1.40. The molecule has 3 fully saturated rings. The molecule has 3 amide bonds. The van der Waals surface area contributed by atoms with Crippen molar-refractivity contribution in [2.45, 2.75) is 44.2 Å². The van der Waals surface area contributed by atoms with Crippen molar-refractivity contribution >= 4 is 57.6 Å². The van der Waals surface area contributed by atoms with Crippen LogP contribution in [0, 0.1) is 17.8 Å². The van der Waals surface area contributed by atoms with E-state index < -0.39 is 36.3 Å². The molecule has 1 aromatic carbocycles. The Bertz CT molecular complexity index is 1300. The first kappa shape index (κ1) is 26.8. The van der Waals surface area contributed by atoms with Gasteiger partial charge in [0.2, 0.25) is 11.8 Å². The van der Waals surface area contributed by atoms with Gasteiger partial charge in [-0.05, 0) is 43.6 Å². The number of rotatable bonds is 8. The van der Waals surface area contributed by atoms with E-state index in [4.69, 9.17) is 27.9 Å². The van der Waals surface area contributed by atoms with Crippen molar-refractivity contribution in [2.24, 2.45) is 17.8 Å². The number of H-pyrrole nitrogens is 1. The Balaban J connectivity index is 1.42. The van der Waals surface area contributed by atoms with Gasteiger partial charge in [-0.25, -0.2) is 0 Å². The van der Waals surface area contributed by atoms with Gasteiger partial charge in [0.1, 0.15) is 24.1 Å². The summed E-state index contributed by atoms with van der Waals surface area (Å²) in [5, 5.41) is 16.2. The average Bonchev–Trinajstić information content (AvgIpc) is 3.69. The summed E-state index contributed by atoms with van der Waals surface area (Å²) in [7, 11) is 1.49. The molecule has 0 radical (unpaired) electrons. The van der Waals surface area contributed by atoms with E-state index in [1.54, 1.807) is 17.0 Å². The number of aliphatic hydroxyl groups excluding tert-OH is 1. The fraction of sp³-hybridized carbons (Fsp3) is 0.538. The Morgan fingerprint density at radius 1 is 1.24 bits per heavy atom. The number of carbonyl (C=O) groups excluding carboxylic acids is 4. The largest absolute Gasteiger partial charge is 0.496 e. The summed E-state index contributed by atoms with van der Waals surface area (Å²) in [6.07, 6.45) is 3.31. The summed E-state index contributed by atoms with van der Waals surface area (Å²) >= 11 is 12.6. The lowest BCUT2D eigenvalue weighted by Crippen LogP contribution is -2.53. The van der Waals surface area contributed by atoms with E-state index in [2.05, 4.69) is 15.6 Å². The zero-order valence-corrected chi connectivity index (χ0v) is 22.4. The van der Waals surface area contributed by atoms with Gasteiger partial charge in [-0.3, -0.25) is 19.2 Å². The van der Waals surface area contributed by atoms with Gasteiger partial charge in [-0.1, -0.05) is 29.6 Å². The Morgan fingerprint density at radius 2 is 2.03 bits per heavy atom. The quantitative estimate of drug-likeness (QED) is 0.387. The molecule has 1 unspecified atom stereocenters. The molecule has 2 aliphatic heterocycles. The second-order valence-corrected chi connectivity index (χ2v) is 11.1. The second kappa shape index (κ2) is 10.7. The molecule has 1 aromatic heterocycles. The van der Waals surface area contributed by atoms with Gasteiger partial charge in [-0.2, -0.15) is 0 Å². The maximum absolute atomic E-state index is 13.8. The predicted octanol–water partition coefficient (Wildman–Crippen LogP) is 2.30. The zero-order valence-electron chi connectivity index (χ0n) is 20.9. The first-order valence-corrected chi connectivity index (χ1v) is 13.6. The number of benzene rings is 1. The highest BCUT2D eigenvalue weighted by molar-refractivity contribution is 6.45. The molecule has 4 N–H and O–H groups in total. The van der Waals surface area contributed by atoms with E-state index in [1.165, 1.54) is 7.11 Å². The van der Waals surface area contributed by atoms with Gasteiger partial charge in [-0.15, -0.1) is 0 Å². The van der Waals surface area contributed by atoms with Gasteiger partial charge < -0.3 is 30.4 Å². The monoisotopic (exact) mass is 564 g/mol. The van der Waals surface area contributed by atoms with Crippen LogP contribution in [0.4, 0.5) is 0 Å². The number of nitrogens with zero attached hydrogens (tertiary/aromatic N) is 1. The van der Waals surface area contributed by atoms with E-state index in [1.807, 2.05) is 0 Å². The van der Waals surface area contributed by atoms with Gasteiger partial charge in [0.05, 0.1) is 28.7 Å². The molecular weight excluding hydrogens is 535 g/mol. The summed E-state index contributed by atoms with van der Waals surface area (Å²) in [4.78, 5) is 56.7. The highest BCUT2D eigenvalue weighted by atomic mass is 35.5. The number of ether oxygens (including phenoxy) is 1.